The summed E-state index contributed by atoms with van der Waals surface area (Å²) in [7, 11) is -3.16. The highest BCUT2D eigenvalue weighted by atomic mass is 28.3. The van der Waals surface area contributed by atoms with Crippen LogP contribution in [0.1, 0.15) is 49.9 Å². The van der Waals surface area contributed by atoms with E-state index in [1.807, 2.05) is 0 Å². The Morgan fingerprint density at radius 2 is 0.667 bits per heavy atom. The number of anilines is 12. The molecule has 400 valence electrons. The summed E-state index contributed by atoms with van der Waals surface area (Å²) in [4.78, 5) is 9.88. The monoisotopic (exact) mass is 1090 g/mol. The van der Waals surface area contributed by atoms with Crippen molar-refractivity contribution >= 4 is 97.1 Å². The topological polar surface area (TPSA) is 22.2 Å². The molecule has 2 aliphatic carbocycles. The van der Waals surface area contributed by atoms with Crippen LogP contribution in [0, 0.1) is 0 Å². The fourth-order valence-corrected chi connectivity index (χ4v) is 20.9. The van der Waals surface area contributed by atoms with Gasteiger partial charge in [0.2, 0.25) is 0 Å². The molecule has 0 saturated heterocycles. The molecule has 0 fully saturated rings. The van der Waals surface area contributed by atoms with Gasteiger partial charge in [-0.25, -0.2) is 0 Å². The van der Waals surface area contributed by atoms with Gasteiger partial charge in [0, 0.05) is 83.3 Å². The van der Waals surface area contributed by atoms with Gasteiger partial charge in [0.15, 0.2) is 8.07 Å². The molecule has 0 spiro atoms. The third-order valence-corrected chi connectivity index (χ3v) is 23.9. The van der Waals surface area contributed by atoms with Crippen LogP contribution >= 0.6 is 0 Å². The van der Waals surface area contributed by atoms with E-state index >= 15 is 0 Å². The van der Waals surface area contributed by atoms with Gasteiger partial charge in [-0.2, -0.15) is 0 Å². The van der Waals surface area contributed by atoms with Crippen LogP contribution < -0.4 is 45.1 Å². The molecule has 0 amide bonds. The van der Waals surface area contributed by atoms with Crippen molar-refractivity contribution in [3.63, 3.8) is 0 Å². The van der Waals surface area contributed by atoms with Gasteiger partial charge in [-0.3, -0.25) is 0 Å². The van der Waals surface area contributed by atoms with E-state index in [2.05, 4.69) is 326 Å². The van der Waals surface area contributed by atoms with E-state index in [-0.39, 0.29) is 10.8 Å². The minimum atomic E-state index is -3.16. The molecule has 0 N–H and O–H groups in total. The smallest absolute Gasteiger partial charge is 0.198 e. The van der Waals surface area contributed by atoms with E-state index in [4.69, 9.17) is 4.74 Å². The lowest BCUT2D eigenvalue weighted by atomic mass is 9.82. The van der Waals surface area contributed by atoms with Gasteiger partial charge in [0.1, 0.15) is 11.5 Å². The van der Waals surface area contributed by atoms with E-state index < -0.39 is 8.07 Å². The standard InChI is InChI=1S/C78H58N4OSi/c1-77(2)65-44-40-55(79(51-23-10-5-11-24-51)52-25-12-6-13-26-52)47-62(65)63-49-57(42-46-66(63)77)82-69-34-20-33-68-74(69)84(59-31-18-9-19-32-59)75-70(35-21-37-72(75)83-73-38-22-36-71(82)76(73)84)81(68)56-41-45-64-61(48-56)60-43-39-58(50-67(60)78(64,3)4)80(53-27-14-7-15-28-53)54-29-16-8-17-30-54/h5-50H,1-4H3. The normalized spacial score (nSPS) is 16.1. The van der Waals surface area contributed by atoms with Crippen molar-refractivity contribution in [3.8, 4) is 33.8 Å². The Bertz CT molecular complexity index is 4580. The van der Waals surface area contributed by atoms with Gasteiger partial charge in [0.25, 0.3) is 0 Å². The maximum Gasteiger partial charge on any atom is 0.198 e. The summed E-state index contributed by atoms with van der Waals surface area (Å²) in [6.07, 6.45) is 0. The summed E-state index contributed by atoms with van der Waals surface area (Å²) in [6.45, 7) is 9.54. The molecular formula is C78H58N4OSi. The number of ether oxygens (including phenoxy) is 1. The molecule has 12 aromatic carbocycles. The first kappa shape index (κ1) is 48.6. The van der Waals surface area contributed by atoms with E-state index in [1.54, 1.807) is 0 Å². The number of hydrogen-bond acceptors (Lipinski definition) is 5. The third kappa shape index (κ3) is 6.71. The number of rotatable bonds is 9. The summed E-state index contributed by atoms with van der Waals surface area (Å²) in [5, 5.41) is 5.31. The van der Waals surface area contributed by atoms with Crippen LogP contribution in [0.4, 0.5) is 68.2 Å². The quantitative estimate of drug-likeness (QED) is 0.134. The Balaban J connectivity index is 0.859. The predicted molar refractivity (Wildman–Crippen MR) is 351 cm³/mol. The molecule has 1 unspecified atom stereocenters. The maximum absolute atomic E-state index is 7.34. The molecule has 5 aliphatic rings. The van der Waals surface area contributed by atoms with Gasteiger partial charge in [0.05, 0.1) is 11.4 Å². The molecule has 17 rings (SSSR count). The minimum Gasteiger partial charge on any atom is -0.457 e. The third-order valence-electron chi connectivity index (χ3n) is 18.9. The van der Waals surface area contributed by atoms with Crippen molar-refractivity contribution in [1.29, 1.82) is 0 Å². The molecule has 3 heterocycles. The number of fused-ring (bicyclic) bond motifs is 6. The highest BCUT2D eigenvalue weighted by Crippen LogP contribution is 2.57. The second kappa shape index (κ2) is 17.9. The number of hydrogen-bond donors (Lipinski definition) is 0. The second-order valence-electron chi connectivity index (χ2n) is 24.0. The average molecular weight is 1100 g/mol. The van der Waals surface area contributed by atoms with E-state index in [1.165, 1.54) is 88.0 Å². The molecule has 84 heavy (non-hydrogen) atoms. The van der Waals surface area contributed by atoms with E-state index in [0.717, 1.165) is 57.0 Å². The van der Waals surface area contributed by atoms with Crippen molar-refractivity contribution < 1.29 is 4.74 Å². The summed E-state index contributed by atoms with van der Waals surface area (Å²) >= 11 is 0. The van der Waals surface area contributed by atoms with Gasteiger partial charge in [-0.1, -0.05) is 173 Å². The van der Waals surface area contributed by atoms with Crippen LogP contribution in [0.15, 0.2) is 279 Å². The van der Waals surface area contributed by atoms with Crippen molar-refractivity contribution in [3.05, 3.63) is 301 Å². The SMILES string of the molecule is CC1(C)c2ccc(N(c3ccccc3)c3ccccc3)cc2-c2cc(N3c4cccc5c4[Si]4(c6ccccc6)c6c(cccc6N(c6ccc7c(c6)-c6ccc(N(c8ccccc8)c8ccccc8)cc6C7(C)C)c6cccc3c64)O5)ccc21. The fourth-order valence-electron chi connectivity index (χ4n) is 15.3. The zero-order valence-electron chi connectivity index (χ0n) is 47.3. The van der Waals surface area contributed by atoms with Crippen molar-refractivity contribution in [2.75, 3.05) is 19.6 Å². The number of nitrogens with zero attached hydrogens (tertiary/aromatic N) is 4. The highest BCUT2D eigenvalue weighted by Gasteiger charge is 2.59. The fraction of sp³-hybridized carbons (Fsp3) is 0.0769. The Kier molecular flexibility index (Phi) is 10.4. The van der Waals surface area contributed by atoms with E-state index in [9.17, 15) is 0 Å². The first-order chi connectivity index (χ1) is 41.2. The first-order valence-corrected chi connectivity index (χ1v) is 31.3. The van der Waals surface area contributed by atoms with Gasteiger partial charge in [-0.15, -0.1) is 0 Å². The van der Waals surface area contributed by atoms with Crippen molar-refractivity contribution in [1.82, 2.24) is 0 Å². The molecule has 0 bridgehead atoms. The van der Waals surface area contributed by atoms with Crippen molar-refractivity contribution in [2.24, 2.45) is 0 Å². The Morgan fingerprint density at radius 1 is 0.298 bits per heavy atom. The molecule has 0 saturated carbocycles. The molecule has 1 atom stereocenters. The minimum absolute atomic E-state index is 0.214. The predicted octanol–water partition coefficient (Wildman–Crippen LogP) is 18.3. The van der Waals surface area contributed by atoms with Gasteiger partial charge < -0.3 is 24.3 Å². The lowest BCUT2D eigenvalue weighted by Gasteiger charge is -2.53. The molecule has 6 heteroatoms. The number of benzene rings is 12. The van der Waals surface area contributed by atoms with Crippen LogP contribution in [0.2, 0.25) is 0 Å². The zero-order valence-corrected chi connectivity index (χ0v) is 48.3. The molecule has 12 aromatic rings. The Hall–Kier alpha value is -10.1. The molecular weight excluding hydrogens is 1040 g/mol. The summed E-state index contributed by atoms with van der Waals surface area (Å²) in [5.41, 5.74) is 23.6. The Labute approximate surface area is 492 Å². The zero-order chi connectivity index (χ0) is 56.1. The van der Waals surface area contributed by atoms with E-state index in [0.29, 0.717) is 0 Å². The Morgan fingerprint density at radius 3 is 1.14 bits per heavy atom. The van der Waals surface area contributed by atoms with Crippen molar-refractivity contribution in [2.45, 2.75) is 38.5 Å². The van der Waals surface area contributed by atoms with Crippen LogP contribution in [0.25, 0.3) is 22.3 Å². The lowest BCUT2D eigenvalue weighted by Crippen LogP contribution is -2.80. The summed E-state index contributed by atoms with van der Waals surface area (Å²) in [6, 6.07) is 104. The maximum atomic E-state index is 7.34. The van der Waals surface area contributed by atoms with Crippen LogP contribution in [0.3, 0.4) is 0 Å². The summed E-state index contributed by atoms with van der Waals surface area (Å²) < 4.78 is 7.34. The molecule has 0 radical (unpaired) electrons. The average Bonchev–Trinajstić information content (AvgIpc) is 0.855. The van der Waals surface area contributed by atoms with Gasteiger partial charge >= 0.3 is 0 Å². The van der Waals surface area contributed by atoms with Gasteiger partial charge in [-0.05, 0) is 183 Å². The highest BCUT2D eigenvalue weighted by molar-refractivity contribution is 7.24. The van der Waals surface area contributed by atoms with Crippen LogP contribution in [-0.4, -0.2) is 8.07 Å². The molecule has 3 aliphatic heterocycles. The largest absolute Gasteiger partial charge is 0.457 e. The second-order valence-corrected chi connectivity index (χ2v) is 27.6. The lowest BCUT2D eigenvalue weighted by molar-refractivity contribution is 0.487. The van der Waals surface area contributed by atoms with Crippen LogP contribution in [-0.2, 0) is 10.8 Å². The first-order valence-electron chi connectivity index (χ1n) is 29.3. The molecule has 0 aromatic heterocycles. The summed E-state index contributed by atoms with van der Waals surface area (Å²) in [5.74, 6) is 1.86. The number of para-hydroxylation sites is 4. The van der Waals surface area contributed by atoms with Crippen LogP contribution in [0.5, 0.6) is 11.5 Å². The molecule has 5 nitrogen and oxygen atoms in total.